The van der Waals surface area contributed by atoms with Crippen molar-refractivity contribution in [3.8, 4) is 6.01 Å². The number of alkyl halides is 3. The van der Waals surface area contributed by atoms with Crippen molar-refractivity contribution in [2.75, 3.05) is 43.0 Å². The number of nitrogens with zero attached hydrogens (tertiary/aromatic N) is 5. The first-order valence-corrected chi connectivity index (χ1v) is 12.3. The minimum atomic E-state index is -4.53. The number of benzene rings is 1. The van der Waals surface area contributed by atoms with Crippen LogP contribution in [0.25, 0.3) is 0 Å². The maximum absolute atomic E-state index is 13.1. The maximum atomic E-state index is 13.1. The fraction of sp³-hybridized carbons (Fsp3) is 0.550. The summed E-state index contributed by atoms with van der Waals surface area (Å²) in [4.78, 5) is 14.2. The van der Waals surface area contributed by atoms with Crippen LogP contribution < -0.4 is 15.0 Å². The standard InChI is InChI=1S/C20H24F4N6O3S/c21-14-3-5-16(6-4-14)34(31,32)30-11-7-15(8-12-30)25-17-26-18(29-9-1-2-10-29)28-19(27-17)33-13-20(22,23)24/h3-6,15H,1-2,7-13H2,(H,25,26,27,28). The first kappa shape index (κ1) is 24.4. The number of hydrogen-bond acceptors (Lipinski definition) is 8. The summed E-state index contributed by atoms with van der Waals surface area (Å²) in [7, 11) is -3.76. The molecule has 3 heterocycles. The molecule has 0 saturated carbocycles. The van der Waals surface area contributed by atoms with Crippen LogP contribution in [-0.2, 0) is 10.0 Å². The monoisotopic (exact) mass is 504 g/mol. The lowest BCUT2D eigenvalue weighted by molar-refractivity contribution is -0.154. The number of halogens is 4. The van der Waals surface area contributed by atoms with Crippen molar-refractivity contribution in [2.24, 2.45) is 0 Å². The number of piperidine rings is 1. The molecule has 14 heteroatoms. The molecular formula is C20H24F4N6O3S. The Kier molecular flexibility index (Phi) is 7.07. The first-order chi connectivity index (χ1) is 16.1. The van der Waals surface area contributed by atoms with Crippen molar-refractivity contribution in [3.05, 3.63) is 30.1 Å². The molecular weight excluding hydrogens is 480 g/mol. The van der Waals surface area contributed by atoms with E-state index in [0.717, 1.165) is 25.0 Å². The molecule has 34 heavy (non-hydrogen) atoms. The Hall–Kier alpha value is -2.74. The average molecular weight is 505 g/mol. The van der Waals surface area contributed by atoms with E-state index >= 15 is 0 Å². The van der Waals surface area contributed by atoms with E-state index in [1.807, 2.05) is 4.90 Å². The van der Waals surface area contributed by atoms with Crippen LogP contribution in [0.1, 0.15) is 25.7 Å². The van der Waals surface area contributed by atoms with Gasteiger partial charge < -0.3 is 15.0 Å². The largest absolute Gasteiger partial charge is 0.454 e. The molecule has 2 aliphatic heterocycles. The fourth-order valence-corrected chi connectivity index (χ4v) is 5.33. The number of anilines is 2. The molecule has 1 N–H and O–H groups in total. The predicted octanol–water partition coefficient (Wildman–Crippen LogP) is 2.82. The van der Waals surface area contributed by atoms with Crippen LogP contribution in [0.15, 0.2) is 29.2 Å². The van der Waals surface area contributed by atoms with Crippen molar-refractivity contribution < 1.29 is 30.7 Å². The van der Waals surface area contributed by atoms with Gasteiger partial charge in [-0.3, -0.25) is 0 Å². The first-order valence-electron chi connectivity index (χ1n) is 10.8. The number of rotatable bonds is 7. The van der Waals surface area contributed by atoms with Crippen LogP contribution in [0.5, 0.6) is 6.01 Å². The normalized spacial score (nSPS) is 18.3. The van der Waals surface area contributed by atoms with E-state index in [2.05, 4.69) is 20.3 Å². The molecule has 4 rings (SSSR count). The average Bonchev–Trinajstić information content (AvgIpc) is 3.33. The molecule has 0 atom stereocenters. The van der Waals surface area contributed by atoms with Gasteiger partial charge in [-0.05, 0) is 49.9 Å². The molecule has 0 spiro atoms. The zero-order valence-electron chi connectivity index (χ0n) is 18.1. The summed E-state index contributed by atoms with van der Waals surface area (Å²) in [6.07, 6.45) is -1.84. The van der Waals surface area contributed by atoms with E-state index < -0.39 is 34.6 Å². The zero-order valence-corrected chi connectivity index (χ0v) is 18.9. The molecule has 9 nitrogen and oxygen atoms in total. The number of hydrogen-bond donors (Lipinski definition) is 1. The maximum Gasteiger partial charge on any atom is 0.422 e. The van der Waals surface area contributed by atoms with Crippen LogP contribution in [0, 0.1) is 5.82 Å². The van der Waals surface area contributed by atoms with E-state index in [9.17, 15) is 26.0 Å². The second kappa shape index (κ2) is 9.86. The van der Waals surface area contributed by atoms with E-state index in [1.165, 1.54) is 16.4 Å². The minimum absolute atomic E-state index is 0.0134. The molecule has 0 radical (unpaired) electrons. The highest BCUT2D eigenvalue weighted by atomic mass is 32.2. The molecule has 0 bridgehead atoms. The van der Waals surface area contributed by atoms with Crippen molar-refractivity contribution in [1.82, 2.24) is 19.3 Å². The molecule has 2 aliphatic rings. The Labute approximate surface area is 194 Å². The second-order valence-corrected chi connectivity index (χ2v) is 10.1. The lowest BCUT2D eigenvalue weighted by atomic mass is 10.1. The number of nitrogens with one attached hydrogen (secondary N) is 1. The summed E-state index contributed by atoms with van der Waals surface area (Å²) in [5, 5.41) is 3.08. The van der Waals surface area contributed by atoms with Gasteiger partial charge in [0.05, 0.1) is 4.90 Å². The van der Waals surface area contributed by atoms with Gasteiger partial charge in [-0.15, -0.1) is 0 Å². The quantitative estimate of drug-likeness (QED) is 0.575. The molecule has 2 fully saturated rings. The van der Waals surface area contributed by atoms with Gasteiger partial charge in [-0.1, -0.05) is 0 Å². The molecule has 2 saturated heterocycles. The number of sulfonamides is 1. The highest BCUT2D eigenvalue weighted by molar-refractivity contribution is 7.89. The molecule has 2 aromatic rings. The van der Waals surface area contributed by atoms with Gasteiger partial charge in [0.1, 0.15) is 5.82 Å². The van der Waals surface area contributed by atoms with Crippen molar-refractivity contribution in [3.63, 3.8) is 0 Å². The molecule has 0 unspecified atom stereocenters. The summed E-state index contributed by atoms with van der Waals surface area (Å²) in [5.41, 5.74) is 0. The smallest absolute Gasteiger partial charge is 0.422 e. The summed E-state index contributed by atoms with van der Waals surface area (Å²) in [6, 6.07) is 4.01. The summed E-state index contributed by atoms with van der Waals surface area (Å²) in [5.74, 6) is -0.205. The Morgan fingerprint density at radius 3 is 2.26 bits per heavy atom. The molecule has 1 aromatic heterocycles. The zero-order chi connectivity index (χ0) is 24.3. The summed E-state index contributed by atoms with van der Waals surface area (Å²) < 4.78 is 82.6. The van der Waals surface area contributed by atoms with Gasteiger partial charge in [-0.25, -0.2) is 12.8 Å². The van der Waals surface area contributed by atoms with Gasteiger partial charge >= 0.3 is 12.2 Å². The van der Waals surface area contributed by atoms with Gasteiger partial charge in [0, 0.05) is 32.2 Å². The van der Waals surface area contributed by atoms with Gasteiger partial charge in [0.2, 0.25) is 21.9 Å². The lowest BCUT2D eigenvalue weighted by Crippen LogP contribution is -2.42. The van der Waals surface area contributed by atoms with Gasteiger partial charge in [0.15, 0.2) is 6.61 Å². The third-order valence-electron chi connectivity index (χ3n) is 5.60. The third-order valence-corrected chi connectivity index (χ3v) is 7.51. The lowest BCUT2D eigenvalue weighted by Gasteiger charge is -2.31. The van der Waals surface area contributed by atoms with E-state index in [4.69, 9.17) is 4.74 Å². The summed E-state index contributed by atoms with van der Waals surface area (Å²) in [6.45, 7) is 0.261. The summed E-state index contributed by atoms with van der Waals surface area (Å²) >= 11 is 0. The van der Waals surface area contributed by atoms with Gasteiger partial charge in [-0.2, -0.15) is 32.4 Å². The molecule has 1 aromatic carbocycles. The highest BCUT2D eigenvalue weighted by Gasteiger charge is 2.31. The van der Waals surface area contributed by atoms with E-state index in [-0.39, 0.29) is 35.9 Å². The Morgan fingerprint density at radius 2 is 1.65 bits per heavy atom. The highest BCUT2D eigenvalue weighted by Crippen LogP contribution is 2.25. The SMILES string of the molecule is O=S(=O)(c1ccc(F)cc1)N1CCC(Nc2nc(OCC(F)(F)F)nc(N3CCCC3)n2)CC1. The molecule has 0 aliphatic carbocycles. The van der Waals surface area contributed by atoms with Crippen LogP contribution in [0.3, 0.4) is 0 Å². The van der Waals surface area contributed by atoms with E-state index in [1.54, 1.807) is 0 Å². The number of aromatic nitrogens is 3. The number of ether oxygens (including phenoxy) is 1. The topological polar surface area (TPSA) is 101 Å². The Balaban J connectivity index is 1.43. The van der Waals surface area contributed by atoms with E-state index in [0.29, 0.717) is 25.9 Å². The fourth-order valence-electron chi connectivity index (χ4n) is 3.86. The van der Waals surface area contributed by atoms with Gasteiger partial charge in [0.25, 0.3) is 0 Å². The van der Waals surface area contributed by atoms with Crippen molar-refractivity contribution in [2.45, 2.75) is 42.8 Å². The Morgan fingerprint density at radius 1 is 1.00 bits per heavy atom. The van der Waals surface area contributed by atoms with Crippen LogP contribution in [-0.4, -0.2) is 72.7 Å². The van der Waals surface area contributed by atoms with Crippen molar-refractivity contribution in [1.29, 1.82) is 0 Å². The van der Waals surface area contributed by atoms with Crippen LogP contribution >= 0.6 is 0 Å². The second-order valence-electron chi connectivity index (χ2n) is 8.12. The minimum Gasteiger partial charge on any atom is -0.454 e. The molecule has 0 amide bonds. The van der Waals surface area contributed by atoms with Crippen LogP contribution in [0.4, 0.5) is 29.5 Å². The Bertz CT molecular complexity index is 1090. The predicted molar refractivity (Wildman–Crippen MR) is 115 cm³/mol. The van der Waals surface area contributed by atoms with Crippen LogP contribution in [0.2, 0.25) is 0 Å². The third kappa shape index (κ3) is 6.03. The molecule has 186 valence electrons. The van der Waals surface area contributed by atoms with Crippen molar-refractivity contribution >= 4 is 21.9 Å².